The molecule has 2 aliphatic rings. The van der Waals surface area contributed by atoms with E-state index in [0.29, 0.717) is 11.6 Å². The largest absolute Gasteiger partial charge is 0.358 e. The molecule has 2 aliphatic heterocycles. The first-order valence-electron chi connectivity index (χ1n) is 8.14. The zero-order chi connectivity index (χ0) is 15.5. The Balaban J connectivity index is 1.66. The van der Waals surface area contributed by atoms with Crippen molar-refractivity contribution in [3.8, 4) is 0 Å². The Morgan fingerprint density at radius 1 is 1.32 bits per heavy atom. The second-order valence-electron chi connectivity index (χ2n) is 6.56. The van der Waals surface area contributed by atoms with Crippen LogP contribution in [0.4, 0.5) is 5.82 Å². The third kappa shape index (κ3) is 3.38. The van der Waals surface area contributed by atoms with Crippen molar-refractivity contribution in [2.45, 2.75) is 19.3 Å². The summed E-state index contributed by atoms with van der Waals surface area (Å²) in [6, 6.07) is 0. The summed E-state index contributed by atoms with van der Waals surface area (Å²) in [5.41, 5.74) is 0.467. The number of hydrogen-bond donors (Lipinski definition) is 0. The molecule has 0 saturated carbocycles. The van der Waals surface area contributed by atoms with Gasteiger partial charge >= 0.3 is 0 Å². The molecule has 1 aromatic heterocycles. The minimum absolute atomic E-state index is 0.0147. The van der Waals surface area contributed by atoms with Crippen molar-refractivity contribution >= 4 is 11.7 Å². The van der Waals surface area contributed by atoms with E-state index < -0.39 is 0 Å². The summed E-state index contributed by atoms with van der Waals surface area (Å²) in [7, 11) is 4.20. The van der Waals surface area contributed by atoms with Crippen LogP contribution in [0.3, 0.4) is 0 Å². The van der Waals surface area contributed by atoms with E-state index in [9.17, 15) is 4.79 Å². The molecule has 0 spiro atoms. The molecule has 2 fully saturated rings. The number of likely N-dealkylation sites (tertiary alicyclic amines) is 2. The van der Waals surface area contributed by atoms with Gasteiger partial charge in [-0.1, -0.05) is 0 Å². The van der Waals surface area contributed by atoms with Crippen molar-refractivity contribution in [1.29, 1.82) is 0 Å². The van der Waals surface area contributed by atoms with Gasteiger partial charge in [-0.3, -0.25) is 9.78 Å². The van der Waals surface area contributed by atoms with E-state index in [1.165, 1.54) is 6.42 Å². The molecule has 6 nitrogen and oxygen atoms in total. The molecule has 22 heavy (non-hydrogen) atoms. The topological polar surface area (TPSA) is 52.6 Å². The lowest BCUT2D eigenvalue weighted by molar-refractivity contribution is 0.0786. The maximum atomic E-state index is 12.4. The Hall–Kier alpha value is -1.69. The van der Waals surface area contributed by atoms with E-state index in [1.54, 1.807) is 12.4 Å². The summed E-state index contributed by atoms with van der Waals surface area (Å²) in [4.78, 5) is 27.5. The van der Waals surface area contributed by atoms with E-state index in [2.05, 4.69) is 26.8 Å². The average Bonchev–Trinajstić information content (AvgIpc) is 3.18. The first-order chi connectivity index (χ1) is 10.6. The van der Waals surface area contributed by atoms with Crippen molar-refractivity contribution < 1.29 is 4.79 Å². The van der Waals surface area contributed by atoms with Crippen LogP contribution >= 0.6 is 0 Å². The number of carbonyl (C=O) groups is 1. The molecule has 0 radical (unpaired) electrons. The Labute approximate surface area is 132 Å². The lowest BCUT2D eigenvalue weighted by Crippen LogP contribution is -2.31. The number of amides is 1. The van der Waals surface area contributed by atoms with Crippen molar-refractivity contribution in [3.05, 3.63) is 18.1 Å². The van der Waals surface area contributed by atoms with Gasteiger partial charge in [-0.2, -0.15) is 0 Å². The summed E-state index contributed by atoms with van der Waals surface area (Å²) in [6.45, 7) is 4.94. The maximum Gasteiger partial charge on any atom is 0.274 e. The first-order valence-corrected chi connectivity index (χ1v) is 8.14. The van der Waals surface area contributed by atoms with Crippen LogP contribution in [-0.2, 0) is 0 Å². The lowest BCUT2D eigenvalue weighted by atomic mass is 10.1. The zero-order valence-electron chi connectivity index (χ0n) is 13.5. The van der Waals surface area contributed by atoms with Crippen LogP contribution in [0, 0.1) is 5.92 Å². The molecule has 0 N–H and O–H groups in total. The fraction of sp³-hybridized carbons (Fsp3) is 0.688. The molecule has 0 bridgehead atoms. The number of hydrogen-bond acceptors (Lipinski definition) is 5. The molecule has 3 rings (SSSR count). The van der Waals surface area contributed by atoms with E-state index in [-0.39, 0.29) is 5.91 Å². The van der Waals surface area contributed by atoms with Crippen LogP contribution in [0.25, 0.3) is 0 Å². The molecule has 3 heterocycles. The third-order valence-corrected chi connectivity index (χ3v) is 4.65. The molecular weight excluding hydrogens is 278 g/mol. The van der Waals surface area contributed by atoms with E-state index in [4.69, 9.17) is 0 Å². The minimum Gasteiger partial charge on any atom is -0.358 e. The summed E-state index contributed by atoms with van der Waals surface area (Å²) in [6.07, 6.45) is 6.74. The quantitative estimate of drug-likeness (QED) is 0.834. The van der Waals surface area contributed by atoms with Crippen molar-refractivity contribution in [1.82, 2.24) is 19.8 Å². The highest BCUT2D eigenvalue weighted by atomic mass is 16.2. The van der Waals surface area contributed by atoms with Crippen molar-refractivity contribution in [2.24, 2.45) is 5.92 Å². The molecular formula is C16H25N5O. The Morgan fingerprint density at radius 2 is 2.09 bits per heavy atom. The van der Waals surface area contributed by atoms with Gasteiger partial charge in [0.25, 0.3) is 5.91 Å². The molecule has 2 saturated heterocycles. The van der Waals surface area contributed by atoms with Crippen LogP contribution in [0.5, 0.6) is 0 Å². The second-order valence-corrected chi connectivity index (χ2v) is 6.56. The average molecular weight is 303 g/mol. The summed E-state index contributed by atoms with van der Waals surface area (Å²) >= 11 is 0. The highest BCUT2D eigenvalue weighted by Crippen LogP contribution is 2.18. The van der Waals surface area contributed by atoms with Gasteiger partial charge in [-0.25, -0.2) is 4.98 Å². The molecule has 0 unspecified atom stereocenters. The Bertz CT molecular complexity index is 529. The van der Waals surface area contributed by atoms with Crippen LogP contribution in [0.15, 0.2) is 12.4 Å². The van der Waals surface area contributed by atoms with Gasteiger partial charge in [-0.05, 0) is 38.8 Å². The van der Waals surface area contributed by atoms with Crippen LogP contribution in [0.1, 0.15) is 29.8 Å². The molecule has 1 atom stereocenters. The van der Waals surface area contributed by atoms with Gasteiger partial charge in [0.1, 0.15) is 11.5 Å². The number of nitrogens with zero attached hydrogens (tertiary/aromatic N) is 5. The molecule has 0 aliphatic carbocycles. The fourth-order valence-electron chi connectivity index (χ4n) is 3.38. The summed E-state index contributed by atoms with van der Waals surface area (Å²) in [5, 5.41) is 0. The summed E-state index contributed by atoms with van der Waals surface area (Å²) < 4.78 is 0. The normalized spacial score (nSPS) is 22.3. The predicted octanol–water partition coefficient (Wildman–Crippen LogP) is 1.10. The molecule has 1 amide bonds. The third-order valence-electron chi connectivity index (χ3n) is 4.65. The van der Waals surface area contributed by atoms with E-state index in [0.717, 1.165) is 51.4 Å². The van der Waals surface area contributed by atoms with E-state index >= 15 is 0 Å². The standard InChI is InChI=1S/C16H25N5O/c1-19-8-5-13(11-19)12-20(2)15-10-17-9-14(18-15)16(22)21-6-3-4-7-21/h9-10,13H,3-8,11-12H2,1-2H3/t13-/m1/s1. The smallest absolute Gasteiger partial charge is 0.274 e. The van der Waals surface area contributed by atoms with Gasteiger partial charge in [0.05, 0.1) is 12.4 Å². The number of aromatic nitrogens is 2. The first kappa shape index (κ1) is 15.2. The Morgan fingerprint density at radius 3 is 2.77 bits per heavy atom. The molecule has 0 aromatic carbocycles. The zero-order valence-corrected chi connectivity index (χ0v) is 13.5. The molecule has 1 aromatic rings. The molecule has 6 heteroatoms. The number of carbonyl (C=O) groups excluding carboxylic acids is 1. The number of anilines is 1. The highest BCUT2D eigenvalue weighted by molar-refractivity contribution is 5.92. The van der Waals surface area contributed by atoms with Gasteiger partial charge < -0.3 is 14.7 Å². The van der Waals surface area contributed by atoms with Crippen molar-refractivity contribution in [3.63, 3.8) is 0 Å². The fourth-order valence-corrected chi connectivity index (χ4v) is 3.38. The monoisotopic (exact) mass is 303 g/mol. The number of rotatable bonds is 4. The second kappa shape index (κ2) is 6.60. The lowest BCUT2D eigenvalue weighted by Gasteiger charge is -2.22. The van der Waals surface area contributed by atoms with Gasteiger partial charge in [0.15, 0.2) is 0 Å². The van der Waals surface area contributed by atoms with Gasteiger partial charge in [0, 0.05) is 33.2 Å². The SMILES string of the molecule is CN1CC[C@@H](CN(C)c2cncc(C(=O)N3CCCC3)n2)C1. The van der Waals surface area contributed by atoms with Crippen molar-refractivity contribution in [2.75, 3.05) is 51.7 Å². The predicted molar refractivity (Wildman–Crippen MR) is 86.0 cm³/mol. The maximum absolute atomic E-state index is 12.4. The van der Waals surface area contributed by atoms with E-state index in [1.807, 2.05) is 11.9 Å². The molecule has 120 valence electrons. The van der Waals surface area contributed by atoms with Crippen LogP contribution in [-0.4, -0.2) is 72.5 Å². The van der Waals surface area contributed by atoms with Gasteiger partial charge in [-0.15, -0.1) is 0 Å². The highest BCUT2D eigenvalue weighted by Gasteiger charge is 2.23. The Kier molecular flexibility index (Phi) is 4.57. The minimum atomic E-state index is 0.0147. The van der Waals surface area contributed by atoms with Gasteiger partial charge in [0.2, 0.25) is 0 Å². The summed E-state index contributed by atoms with van der Waals surface area (Å²) in [5.74, 6) is 1.47. The van der Waals surface area contributed by atoms with Crippen LogP contribution in [0.2, 0.25) is 0 Å². The van der Waals surface area contributed by atoms with Crippen LogP contribution < -0.4 is 4.90 Å².